The Morgan fingerprint density at radius 2 is 1.60 bits per heavy atom. The highest BCUT2D eigenvalue weighted by molar-refractivity contribution is 5.68. The van der Waals surface area contributed by atoms with Gasteiger partial charge in [0.05, 0.1) is 20.8 Å². The fourth-order valence-electron chi connectivity index (χ4n) is 3.67. The highest BCUT2D eigenvalue weighted by Crippen LogP contribution is 2.40. The second kappa shape index (κ2) is 12.2. The number of carbonyl (C=O) groups is 1. The molecule has 0 saturated carbocycles. The molecule has 6 nitrogen and oxygen atoms in total. The van der Waals surface area contributed by atoms with E-state index >= 15 is 8.78 Å². The summed E-state index contributed by atoms with van der Waals surface area (Å²) in [7, 11) is 2.85. The quantitative estimate of drug-likeness (QED) is 0.315. The van der Waals surface area contributed by atoms with Crippen LogP contribution in [0, 0.1) is 0 Å². The van der Waals surface area contributed by atoms with Gasteiger partial charge in [0.1, 0.15) is 11.9 Å². The van der Waals surface area contributed by atoms with E-state index in [1.807, 2.05) is 30.3 Å². The van der Waals surface area contributed by atoms with Crippen molar-refractivity contribution in [3.63, 3.8) is 0 Å². The minimum absolute atomic E-state index is 0.105. The molecule has 0 aliphatic carbocycles. The molecule has 8 heteroatoms. The van der Waals surface area contributed by atoms with Gasteiger partial charge in [-0.05, 0) is 67.4 Å². The third kappa shape index (κ3) is 6.93. The van der Waals surface area contributed by atoms with Crippen LogP contribution >= 0.6 is 0 Å². The van der Waals surface area contributed by atoms with Gasteiger partial charge in [0.15, 0.2) is 11.5 Å². The molecule has 3 rings (SSSR count). The molecule has 35 heavy (non-hydrogen) atoms. The van der Waals surface area contributed by atoms with Crippen molar-refractivity contribution in [2.24, 2.45) is 0 Å². The van der Waals surface area contributed by atoms with Crippen LogP contribution in [0.5, 0.6) is 17.2 Å². The van der Waals surface area contributed by atoms with Gasteiger partial charge in [-0.15, -0.1) is 0 Å². The average molecular weight is 486 g/mol. The molecule has 3 aromatic carbocycles. The number of carboxylic acids is 1. The monoisotopic (exact) mass is 485 g/mol. The number of hydrogen-bond donors (Lipinski definition) is 2. The lowest BCUT2D eigenvalue weighted by Crippen LogP contribution is -2.24. The van der Waals surface area contributed by atoms with Crippen LogP contribution in [0.3, 0.4) is 0 Å². The molecule has 3 aromatic rings. The van der Waals surface area contributed by atoms with E-state index in [1.165, 1.54) is 56.7 Å². The average Bonchev–Trinajstić information content (AvgIpc) is 2.88. The van der Waals surface area contributed by atoms with E-state index in [9.17, 15) is 4.79 Å². The van der Waals surface area contributed by atoms with E-state index in [-0.39, 0.29) is 29.5 Å². The first-order valence-electron chi connectivity index (χ1n) is 11.2. The second-order valence-electron chi connectivity index (χ2n) is 7.90. The Bertz CT molecular complexity index is 1090. The zero-order valence-corrected chi connectivity index (χ0v) is 19.7. The van der Waals surface area contributed by atoms with E-state index in [2.05, 4.69) is 5.32 Å². The summed E-state index contributed by atoms with van der Waals surface area (Å²) in [6, 6.07) is 19.4. The number of methoxy groups -OCH3 is 2. The summed E-state index contributed by atoms with van der Waals surface area (Å²) in [6.07, 6.45) is 1.00. The third-order valence-electron chi connectivity index (χ3n) is 5.51. The number of rotatable bonds is 13. The van der Waals surface area contributed by atoms with Gasteiger partial charge in [0, 0.05) is 11.1 Å². The van der Waals surface area contributed by atoms with Crippen molar-refractivity contribution in [3.8, 4) is 17.2 Å². The largest absolute Gasteiger partial charge is 0.493 e. The standard InChI is InChI=1S/C27H29F2NO5/c1-33-24-15-12-21(17-25(24)34-2)27(28,29)20-10-13-22(14-11-20)35-23(19-7-4-3-5-8-19)9-6-16-30-18-26(31)32/h3-5,7-8,10-15,17,23,30H,6,9,16,18H2,1-2H3,(H,31,32). The topological polar surface area (TPSA) is 77.0 Å². The maximum absolute atomic E-state index is 15.2. The maximum atomic E-state index is 15.2. The number of aliphatic carboxylic acids is 1. The Hall–Kier alpha value is -3.65. The van der Waals surface area contributed by atoms with E-state index in [4.69, 9.17) is 19.3 Å². The summed E-state index contributed by atoms with van der Waals surface area (Å²) in [5.41, 5.74) is 0.566. The molecule has 0 radical (unpaired) electrons. The Morgan fingerprint density at radius 3 is 2.23 bits per heavy atom. The molecule has 2 N–H and O–H groups in total. The van der Waals surface area contributed by atoms with Crippen molar-refractivity contribution in [3.05, 3.63) is 89.5 Å². The van der Waals surface area contributed by atoms with Crippen LogP contribution in [0.2, 0.25) is 0 Å². The first kappa shape index (κ1) is 26.0. The highest BCUT2D eigenvalue weighted by atomic mass is 19.3. The molecule has 0 aliphatic heterocycles. The van der Waals surface area contributed by atoms with Gasteiger partial charge in [-0.2, -0.15) is 8.78 Å². The molecule has 1 unspecified atom stereocenters. The van der Waals surface area contributed by atoms with Gasteiger partial charge >= 0.3 is 5.97 Å². The molecule has 0 heterocycles. The summed E-state index contributed by atoms with van der Waals surface area (Å²) < 4.78 is 46.9. The van der Waals surface area contributed by atoms with E-state index in [1.54, 1.807) is 0 Å². The van der Waals surface area contributed by atoms with Crippen LogP contribution in [0.15, 0.2) is 72.8 Å². The fraction of sp³-hybridized carbons (Fsp3) is 0.296. The fourth-order valence-corrected chi connectivity index (χ4v) is 3.67. The molecular weight excluding hydrogens is 456 g/mol. The smallest absolute Gasteiger partial charge is 0.317 e. The molecule has 186 valence electrons. The maximum Gasteiger partial charge on any atom is 0.317 e. The van der Waals surface area contributed by atoms with Crippen LogP contribution in [-0.4, -0.2) is 38.4 Å². The second-order valence-corrected chi connectivity index (χ2v) is 7.90. The van der Waals surface area contributed by atoms with Crippen LogP contribution < -0.4 is 19.5 Å². The SMILES string of the molecule is COc1ccc(C(F)(F)c2ccc(OC(CCCNCC(=O)O)c3ccccc3)cc2)cc1OC. The molecule has 0 spiro atoms. The minimum atomic E-state index is -3.24. The molecule has 0 saturated heterocycles. The number of nitrogens with one attached hydrogen (secondary N) is 1. The Labute approximate surface area is 203 Å². The van der Waals surface area contributed by atoms with E-state index < -0.39 is 11.9 Å². The Balaban J connectivity index is 1.73. The summed E-state index contributed by atoms with van der Waals surface area (Å²) in [4.78, 5) is 10.7. The number of ether oxygens (including phenoxy) is 3. The minimum Gasteiger partial charge on any atom is -0.493 e. The van der Waals surface area contributed by atoms with Crippen molar-refractivity contribution in [2.75, 3.05) is 27.3 Å². The number of benzene rings is 3. The van der Waals surface area contributed by atoms with Crippen molar-refractivity contribution in [1.82, 2.24) is 5.32 Å². The molecule has 0 aliphatic rings. The first-order valence-corrected chi connectivity index (χ1v) is 11.2. The van der Waals surface area contributed by atoms with Gasteiger partial charge in [0.25, 0.3) is 5.92 Å². The molecule has 0 amide bonds. The molecular formula is C27H29F2NO5. The molecule has 1 atom stereocenters. The molecule has 0 bridgehead atoms. The number of hydrogen-bond acceptors (Lipinski definition) is 5. The third-order valence-corrected chi connectivity index (χ3v) is 5.51. The lowest BCUT2D eigenvalue weighted by Gasteiger charge is -2.22. The lowest BCUT2D eigenvalue weighted by atomic mass is 9.99. The zero-order valence-electron chi connectivity index (χ0n) is 19.7. The normalized spacial score (nSPS) is 12.1. The van der Waals surface area contributed by atoms with E-state index in [0.29, 0.717) is 30.9 Å². The van der Waals surface area contributed by atoms with Gasteiger partial charge < -0.3 is 24.6 Å². The highest BCUT2D eigenvalue weighted by Gasteiger charge is 2.35. The van der Waals surface area contributed by atoms with Crippen molar-refractivity contribution in [2.45, 2.75) is 24.9 Å². The Morgan fingerprint density at radius 1 is 0.943 bits per heavy atom. The number of alkyl halides is 2. The molecule has 0 aromatic heterocycles. The zero-order chi connectivity index (χ0) is 25.3. The Kier molecular flexibility index (Phi) is 9.03. The van der Waals surface area contributed by atoms with Crippen molar-refractivity contribution in [1.29, 1.82) is 0 Å². The number of halogens is 2. The summed E-state index contributed by atoms with van der Waals surface area (Å²) in [5, 5.41) is 11.6. The lowest BCUT2D eigenvalue weighted by molar-refractivity contribution is -0.135. The van der Waals surface area contributed by atoms with Crippen molar-refractivity contribution >= 4 is 5.97 Å². The van der Waals surface area contributed by atoms with Gasteiger partial charge in [-0.3, -0.25) is 4.79 Å². The van der Waals surface area contributed by atoms with Crippen LogP contribution in [0.1, 0.15) is 35.6 Å². The van der Waals surface area contributed by atoms with Crippen molar-refractivity contribution < 1.29 is 32.9 Å². The number of carboxylic acid groups (broad SMARTS) is 1. The summed E-state index contributed by atoms with van der Waals surface area (Å²) in [6.45, 7) is 0.419. The summed E-state index contributed by atoms with van der Waals surface area (Å²) in [5.74, 6) is -3.09. The van der Waals surface area contributed by atoms with Gasteiger partial charge in [-0.25, -0.2) is 0 Å². The first-order chi connectivity index (χ1) is 16.8. The molecule has 0 fully saturated rings. The summed E-state index contributed by atoms with van der Waals surface area (Å²) >= 11 is 0. The van der Waals surface area contributed by atoms with E-state index in [0.717, 1.165) is 5.56 Å². The van der Waals surface area contributed by atoms with Gasteiger partial charge in [0.2, 0.25) is 0 Å². The predicted molar refractivity (Wildman–Crippen MR) is 129 cm³/mol. The van der Waals surface area contributed by atoms with Crippen LogP contribution in [0.25, 0.3) is 0 Å². The van der Waals surface area contributed by atoms with Crippen LogP contribution in [0.4, 0.5) is 8.78 Å². The predicted octanol–water partition coefficient (Wildman–Crippen LogP) is 5.42. The van der Waals surface area contributed by atoms with Crippen LogP contribution in [-0.2, 0) is 10.7 Å². The van der Waals surface area contributed by atoms with Gasteiger partial charge in [-0.1, -0.05) is 30.3 Å².